The van der Waals surface area contributed by atoms with Crippen LogP contribution in [0.5, 0.6) is 0 Å². The van der Waals surface area contributed by atoms with Crippen LogP contribution in [0.3, 0.4) is 0 Å². The van der Waals surface area contributed by atoms with Crippen molar-refractivity contribution in [3.8, 4) is 0 Å². The molecule has 2 N–H and O–H groups in total. The van der Waals surface area contributed by atoms with Gasteiger partial charge in [0.25, 0.3) is 0 Å². The Hall–Kier alpha value is -0.770. The predicted octanol–water partition coefficient (Wildman–Crippen LogP) is 2.45. The number of nitrogens with zero attached hydrogens (tertiary/aromatic N) is 2. The Morgan fingerprint density at radius 2 is 1.84 bits per heavy atom. The van der Waals surface area contributed by atoms with Crippen LogP contribution < -0.4 is 10.6 Å². The Morgan fingerprint density at radius 1 is 1.24 bits per heavy atom. The second-order valence-electron chi connectivity index (χ2n) is 7.17. The maximum absolute atomic E-state index is 11.6. The Bertz CT molecular complexity index is 407. The molecule has 1 amide bonds. The van der Waals surface area contributed by atoms with Crippen molar-refractivity contribution < 1.29 is 14.3 Å². The fourth-order valence-corrected chi connectivity index (χ4v) is 2.55. The summed E-state index contributed by atoms with van der Waals surface area (Å²) < 4.78 is 10.6. The second-order valence-corrected chi connectivity index (χ2v) is 7.17. The molecule has 0 spiro atoms. The van der Waals surface area contributed by atoms with Crippen LogP contribution in [0.25, 0.3) is 0 Å². The normalized spacial score (nSPS) is 16.0. The first kappa shape index (κ1) is 24.2. The number of ether oxygens (including phenoxy) is 2. The van der Waals surface area contributed by atoms with Crippen molar-refractivity contribution in [3.05, 3.63) is 0 Å². The van der Waals surface area contributed by atoms with Crippen LogP contribution in [-0.2, 0) is 9.47 Å². The number of carbonyl (C=O) groups excluding carboxylic acids is 1. The average Bonchev–Trinajstić information content (AvgIpc) is 2.52. The largest absolute Gasteiger partial charge is 0.444 e. The third-order valence-corrected chi connectivity index (χ3v) is 3.86. The summed E-state index contributed by atoms with van der Waals surface area (Å²) in [5, 5.41) is 5.99. The molecule has 0 bridgehead atoms. The number of carbonyl (C=O) groups is 1. The molecule has 0 aliphatic carbocycles. The molecule has 0 aromatic heterocycles. The van der Waals surface area contributed by atoms with Gasteiger partial charge in [0, 0.05) is 46.9 Å². The van der Waals surface area contributed by atoms with Crippen LogP contribution in [0.15, 0.2) is 4.99 Å². The molecule has 8 heteroatoms. The Labute approximate surface area is 169 Å². The van der Waals surface area contributed by atoms with E-state index >= 15 is 0 Å². The van der Waals surface area contributed by atoms with Gasteiger partial charge in [-0.3, -0.25) is 4.99 Å². The summed E-state index contributed by atoms with van der Waals surface area (Å²) in [7, 11) is 3.81. The molecule has 1 aliphatic heterocycles. The molecule has 1 rings (SSSR count). The van der Waals surface area contributed by atoms with Crippen molar-refractivity contribution in [1.82, 2.24) is 15.5 Å². The van der Waals surface area contributed by atoms with Gasteiger partial charge in [-0.25, -0.2) is 4.79 Å². The van der Waals surface area contributed by atoms with Gasteiger partial charge in [-0.2, -0.15) is 0 Å². The first-order valence-electron chi connectivity index (χ1n) is 8.78. The van der Waals surface area contributed by atoms with E-state index in [-0.39, 0.29) is 24.0 Å². The van der Waals surface area contributed by atoms with Crippen LogP contribution >= 0.6 is 24.0 Å². The highest BCUT2D eigenvalue weighted by atomic mass is 127. The quantitative estimate of drug-likeness (QED) is 0.270. The van der Waals surface area contributed by atoms with Crippen molar-refractivity contribution in [2.45, 2.75) is 45.6 Å². The van der Waals surface area contributed by atoms with Crippen molar-refractivity contribution in [1.29, 1.82) is 0 Å². The van der Waals surface area contributed by atoms with Crippen LogP contribution in [0.1, 0.15) is 40.0 Å². The topological polar surface area (TPSA) is 75.2 Å². The van der Waals surface area contributed by atoms with E-state index in [4.69, 9.17) is 9.47 Å². The lowest BCUT2D eigenvalue weighted by Crippen LogP contribution is -2.43. The van der Waals surface area contributed by atoms with Gasteiger partial charge in [-0.05, 0) is 46.0 Å². The molecule has 1 aliphatic rings. The van der Waals surface area contributed by atoms with E-state index < -0.39 is 11.7 Å². The molecule has 0 aromatic carbocycles. The molecule has 1 heterocycles. The van der Waals surface area contributed by atoms with Gasteiger partial charge in [-0.15, -0.1) is 24.0 Å². The highest BCUT2D eigenvalue weighted by molar-refractivity contribution is 14.0. The molecule has 0 unspecified atom stereocenters. The summed E-state index contributed by atoms with van der Waals surface area (Å²) in [5.41, 5.74) is -0.474. The molecule has 0 saturated carbocycles. The molecule has 7 nitrogen and oxygen atoms in total. The van der Waals surface area contributed by atoms with E-state index in [2.05, 4.69) is 20.5 Å². The molecular weight excluding hydrogens is 435 g/mol. The molecule has 0 atom stereocenters. The summed E-state index contributed by atoms with van der Waals surface area (Å²) in [6.07, 6.45) is 3.06. The van der Waals surface area contributed by atoms with E-state index in [0.29, 0.717) is 13.1 Å². The first-order valence-corrected chi connectivity index (χ1v) is 8.78. The lowest BCUT2D eigenvalue weighted by atomic mass is 9.96. The standard InChI is InChI=1S/C17H34N4O3.HI/c1-17(2,3)24-16(22)20-10-9-19-15(18-4)21(5)11-6-14-7-12-23-13-8-14;/h14H,6-13H2,1-5H3,(H,18,19)(H,20,22);1H. The Balaban J connectivity index is 0.00000576. The summed E-state index contributed by atoms with van der Waals surface area (Å²) in [5.74, 6) is 1.58. The number of guanidine groups is 1. The average molecular weight is 470 g/mol. The number of hydrogen-bond acceptors (Lipinski definition) is 4. The Kier molecular flexibility index (Phi) is 12.2. The second kappa shape index (κ2) is 12.6. The zero-order chi connectivity index (χ0) is 18.0. The van der Waals surface area contributed by atoms with Gasteiger partial charge < -0.3 is 25.0 Å². The van der Waals surface area contributed by atoms with E-state index in [0.717, 1.165) is 50.9 Å². The third-order valence-electron chi connectivity index (χ3n) is 3.86. The van der Waals surface area contributed by atoms with E-state index in [1.54, 1.807) is 7.05 Å². The minimum Gasteiger partial charge on any atom is -0.444 e. The summed E-state index contributed by atoms with van der Waals surface area (Å²) >= 11 is 0. The fourth-order valence-electron chi connectivity index (χ4n) is 2.55. The summed E-state index contributed by atoms with van der Waals surface area (Å²) in [6.45, 7) is 9.37. The van der Waals surface area contributed by atoms with Gasteiger partial charge >= 0.3 is 6.09 Å². The van der Waals surface area contributed by atoms with Gasteiger partial charge in [0.2, 0.25) is 0 Å². The van der Waals surface area contributed by atoms with Crippen LogP contribution in [0.4, 0.5) is 4.79 Å². The van der Waals surface area contributed by atoms with Crippen LogP contribution in [-0.4, -0.2) is 69.5 Å². The fraction of sp³-hybridized carbons (Fsp3) is 0.882. The van der Waals surface area contributed by atoms with Crippen LogP contribution in [0.2, 0.25) is 0 Å². The lowest BCUT2D eigenvalue weighted by Gasteiger charge is -2.27. The van der Waals surface area contributed by atoms with Gasteiger partial charge in [-0.1, -0.05) is 0 Å². The molecule has 25 heavy (non-hydrogen) atoms. The molecule has 1 saturated heterocycles. The number of amides is 1. The molecule has 0 aromatic rings. The van der Waals surface area contributed by atoms with Gasteiger partial charge in [0.05, 0.1) is 0 Å². The first-order chi connectivity index (χ1) is 11.3. The van der Waals surface area contributed by atoms with E-state index in [9.17, 15) is 4.79 Å². The number of rotatable bonds is 6. The SMILES string of the molecule is CN=C(NCCNC(=O)OC(C)(C)C)N(C)CCC1CCOCC1.I. The molecule has 1 fully saturated rings. The number of halogens is 1. The van der Waals surface area contributed by atoms with Crippen molar-refractivity contribution in [2.24, 2.45) is 10.9 Å². The smallest absolute Gasteiger partial charge is 0.407 e. The van der Waals surface area contributed by atoms with Crippen molar-refractivity contribution in [2.75, 3.05) is 46.9 Å². The van der Waals surface area contributed by atoms with Crippen molar-refractivity contribution in [3.63, 3.8) is 0 Å². The van der Waals surface area contributed by atoms with E-state index in [1.807, 2.05) is 27.8 Å². The summed E-state index contributed by atoms with van der Waals surface area (Å²) in [6, 6.07) is 0. The summed E-state index contributed by atoms with van der Waals surface area (Å²) in [4.78, 5) is 18.0. The highest BCUT2D eigenvalue weighted by Crippen LogP contribution is 2.18. The number of aliphatic imine (C=N–C) groups is 1. The number of alkyl carbamates (subject to hydrolysis) is 1. The lowest BCUT2D eigenvalue weighted by molar-refractivity contribution is 0.0528. The zero-order valence-electron chi connectivity index (χ0n) is 16.3. The van der Waals surface area contributed by atoms with E-state index in [1.165, 1.54) is 0 Å². The minimum atomic E-state index is -0.474. The maximum Gasteiger partial charge on any atom is 0.407 e. The number of hydrogen-bond donors (Lipinski definition) is 2. The highest BCUT2D eigenvalue weighted by Gasteiger charge is 2.16. The monoisotopic (exact) mass is 470 g/mol. The minimum absolute atomic E-state index is 0. The van der Waals surface area contributed by atoms with Crippen LogP contribution in [0, 0.1) is 5.92 Å². The van der Waals surface area contributed by atoms with Gasteiger partial charge in [0.15, 0.2) is 5.96 Å². The molecule has 148 valence electrons. The number of nitrogens with one attached hydrogen (secondary N) is 2. The molecular formula is C17H35IN4O3. The predicted molar refractivity (Wildman–Crippen MR) is 112 cm³/mol. The maximum atomic E-state index is 11.6. The van der Waals surface area contributed by atoms with Gasteiger partial charge in [0.1, 0.15) is 5.60 Å². The molecule has 0 radical (unpaired) electrons. The third kappa shape index (κ3) is 11.5. The van der Waals surface area contributed by atoms with Crippen molar-refractivity contribution >= 4 is 36.0 Å². The Morgan fingerprint density at radius 3 is 2.40 bits per heavy atom. The zero-order valence-corrected chi connectivity index (χ0v) is 18.6.